The Labute approximate surface area is 133 Å². The lowest BCUT2D eigenvalue weighted by Gasteiger charge is -2.43. The lowest BCUT2D eigenvalue weighted by molar-refractivity contribution is -0.120. The highest BCUT2D eigenvalue weighted by molar-refractivity contribution is 8.01. The molecule has 0 radical (unpaired) electrons. The van der Waals surface area contributed by atoms with E-state index in [0.717, 1.165) is 37.8 Å². The molecule has 1 aliphatic carbocycles. The van der Waals surface area contributed by atoms with Crippen molar-refractivity contribution < 1.29 is 13.2 Å². The maximum atomic E-state index is 12.3. The first-order valence-corrected chi connectivity index (χ1v) is 10.8. The SMILES string of the molecule is CCS(=O)(=O)C1CSCCN1CC1(C=O)CCCC(C)C1. The molecule has 2 fully saturated rings. The smallest absolute Gasteiger partial charge is 0.166 e. The molecule has 1 saturated heterocycles. The van der Waals surface area contributed by atoms with Crippen LogP contribution in [0.4, 0.5) is 0 Å². The van der Waals surface area contributed by atoms with E-state index in [1.807, 2.05) is 0 Å². The van der Waals surface area contributed by atoms with Gasteiger partial charge in [-0.15, -0.1) is 0 Å². The number of rotatable bonds is 5. The van der Waals surface area contributed by atoms with Crippen LogP contribution in [0.2, 0.25) is 0 Å². The van der Waals surface area contributed by atoms with Crippen molar-refractivity contribution in [1.82, 2.24) is 4.90 Å². The number of thioether (sulfide) groups is 1. The normalized spacial score (nSPS) is 35.5. The molecule has 0 spiro atoms. The zero-order valence-electron chi connectivity index (χ0n) is 13.1. The average molecular weight is 334 g/mol. The van der Waals surface area contributed by atoms with Crippen molar-refractivity contribution >= 4 is 27.9 Å². The van der Waals surface area contributed by atoms with E-state index in [-0.39, 0.29) is 11.2 Å². The molecule has 122 valence electrons. The van der Waals surface area contributed by atoms with Crippen LogP contribution in [0, 0.1) is 11.3 Å². The second kappa shape index (κ2) is 7.01. The minimum absolute atomic E-state index is 0.180. The Balaban J connectivity index is 2.16. The number of carbonyl (C=O) groups excluding carboxylic acids is 1. The topological polar surface area (TPSA) is 54.5 Å². The van der Waals surface area contributed by atoms with Crippen LogP contribution in [0.3, 0.4) is 0 Å². The van der Waals surface area contributed by atoms with E-state index in [2.05, 4.69) is 11.8 Å². The highest BCUT2D eigenvalue weighted by atomic mass is 32.2. The Morgan fingerprint density at radius 2 is 2.19 bits per heavy atom. The summed E-state index contributed by atoms with van der Waals surface area (Å²) in [6.07, 6.45) is 5.18. The first kappa shape index (κ1) is 17.3. The van der Waals surface area contributed by atoms with Gasteiger partial charge in [0.1, 0.15) is 11.7 Å². The van der Waals surface area contributed by atoms with Gasteiger partial charge in [-0.2, -0.15) is 11.8 Å². The van der Waals surface area contributed by atoms with Crippen LogP contribution in [0.1, 0.15) is 39.5 Å². The Bertz CT molecular complexity index is 466. The van der Waals surface area contributed by atoms with Crippen molar-refractivity contribution in [2.45, 2.75) is 44.9 Å². The zero-order chi connectivity index (χ0) is 15.5. The van der Waals surface area contributed by atoms with Gasteiger partial charge in [-0.25, -0.2) is 8.42 Å². The lowest BCUT2D eigenvalue weighted by Crippen LogP contribution is -2.53. The Morgan fingerprint density at radius 3 is 2.81 bits per heavy atom. The fraction of sp³-hybridized carbons (Fsp3) is 0.933. The van der Waals surface area contributed by atoms with Crippen molar-refractivity contribution in [1.29, 1.82) is 0 Å². The first-order valence-electron chi connectivity index (χ1n) is 7.92. The number of carbonyl (C=O) groups is 1. The van der Waals surface area contributed by atoms with Crippen LogP contribution in [0.5, 0.6) is 0 Å². The summed E-state index contributed by atoms with van der Waals surface area (Å²) < 4.78 is 24.6. The molecular weight excluding hydrogens is 306 g/mol. The summed E-state index contributed by atoms with van der Waals surface area (Å²) >= 11 is 1.71. The highest BCUT2D eigenvalue weighted by Gasteiger charge is 2.41. The predicted octanol–water partition coefficient (Wildman–Crippen LogP) is 2.19. The molecule has 0 aromatic heterocycles. The van der Waals surface area contributed by atoms with Crippen LogP contribution in [-0.4, -0.2) is 55.3 Å². The largest absolute Gasteiger partial charge is 0.303 e. The van der Waals surface area contributed by atoms with Crippen LogP contribution in [-0.2, 0) is 14.6 Å². The van der Waals surface area contributed by atoms with E-state index in [4.69, 9.17) is 0 Å². The van der Waals surface area contributed by atoms with Gasteiger partial charge in [0.25, 0.3) is 0 Å². The second-order valence-corrected chi connectivity index (χ2v) is 10.2. The van der Waals surface area contributed by atoms with E-state index in [9.17, 15) is 13.2 Å². The Kier molecular flexibility index (Phi) is 5.77. The molecule has 0 aromatic rings. The fourth-order valence-corrected chi connectivity index (χ4v) is 6.79. The molecule has 0 bridgehead atoms. The van der Waals surface area contributed by atoms with Crippen molar-refractivity contribution in [2.24, 2.45) is 11.3 Å². The summed E-state index contributed by atoms with van der Waals surface area (Å²) in [5, 5.41) is -0.407. The monoisotopic (exact) mass is 333 g/mol. The summed E-state index contributed by atoms with van der Waals surface area (Å²) in [4.78, 5) is 13.8. The maximum Gasteiger partial charge on any atom is 0.166 e. The lowest BCUT2D eigenvalue weighted by atomic mass is 9.70. The van der Waals surface area contributed by atoms with Crippen LogP contribution in [0.25, 0.3) is 0 Å². The quantitative estimate of drug-likeness (QED) is 0.722. The van der Waals surface area contributed by atoms with E-state index >= 15 is 0 Å². The Morgan fingerprint density at radius 1 is 1.43 bits per heavy atom. The van der Waals surface area contributed by atoms with Gasteiger partial charge < -0.3 is 4.79 Å². The number of hydrogen-bond donors (Lipinski definition) is 0. The molecule has 2 aliphatic rings. The first-order chi connectivity index (χ1) is 9.92. The average Bonchev–Trinajstić information content (AvgIpc) is 2.47. The van der Waals surface area contributed by atoms with Crippen LogP contribution < -0.4 is 0 Å². The fourth-order valence-electron chi connectivity index (χ4n) is 3.71. The van der Waals surface area contributed by atoms with Crippen molar-refractivity contribution in [3.8, 4) is 0 Å². The van der Waals surface area contributed by atoms with E-state index < -0.39 is 15.2 Å². The second-order valence-electron chi connectivity index (χ2n) is 6.63. The molecule has 6 heteroatoms. The molecule has 1 heterocycles. The molecule has 2 rings (SSSR count). The van der Waals surface area contributed by atoms with Crippen molar-refractivity contribution in [2.75, 3.05) is 30.3 Å². The third-order valence-corrected chi connectivity index (χ3v) is 8.23. The van der Waals surface area contributed by atoms with Crippen molar-refractivity contribution in [3.63, 3.8) is 0 Å². The zero-order valence-corrected chi connectivity index (χ0v) is 14.7. The third kappa shape index (κ3) is 4.02. The number of aldehydes is 1. The summed E-state index contributed by atoms with van der Waals surface area (Å²) in [5.41, 5.74) is -0.332. The highest BCUT2D eigenvalue weighted by Crippen LogP contribution is 2.39. The van der Waals surface area contributed by atoms with E-state index in [0.29, 0.717) is 18.2 Å². The molecule has 21 heavy (non-hydrogen) atoms. The van der Waals surface area contributed by atoms with Crippen LogP contribution >= 0.6 is 11.8 Å². The van der Waals surface area contributed by atoms with Gasteiger partial charge in [-0.3, -0.25) is 4.90 Å². The number of hydrogen-bond acceptors (Lipinski definition) is 5. The van der Waals surface area contributed by atoms with Gasteiger partial charge in [0.2, 0.25) is 0 Å². The van der Waals surface area contributed by atoms with Gasteiger partial charge in [0, 0.05) is 35.8 Å². The minimum atomic E-state index is -3.08. The molecule has 3 unspecified atom stereocenters. The summed E-state index contributed by atoms with van der Waals surface area (Å²) in [7, 11) is -3.08. The molecule has 0 amide bonds. The molecular formula is C15H27NO3S2. The third-order valence-electron chi connectivity index (χ3n) is 4.90. The van der Waals surface area contributed by atoms with E-state index in [1.54, 1.807) is 18.7 Å². The molecule has 0 N–H and O–H groups in total. The molecule has 1 aliphatic heterocycles. The molecule has 3 atom stereocenters. The maximum absolute atomic E-state index is 12.3. The van der Waals surface area contributed by atoms with Gasteiger partial charge in [-0.05, 0) is 18.8 Å². The minimum Gasteiger partial charge on any atom is -0.303 e. The van der Waals surface area contributed by atoms with Gasteiger partial charge in [0.05, 0.1) is 0 Å². The van der Waals surface area contributed by atoms with Gasteiger partial charge in [0.15, 0.2) is 9.84 Å². The van der Waals surface area contributed by atoms with Gasteiger partial charge in [-0.1, -0.05) is 26.7 Å². The summed E-state index contributed by atoms with van der Waals surface area (Å²) in [6, 6.07) is 0. The predicted molar refractivity (Wildman–Crippen MR) is 88.3 cm³/mol. The molecule has 4 nitrogen and oxygen atoms in total. The van der Waals surface area contributed by atoms with Crippen molar-refractivity contribution in [3.05, 3.63) is 0 Å². The summed E-state index contributed by atoms with van der Waals surface area (Å²) in [5.74, 6) is 2.34. The van der Waals surface area contributed by atoms with Crippen LogP contribution in [0.15, 0.2) is 0 Å². The number of sulfone groups is 1. The van der Waals surface area contributed by atoms with Gasteiger partial charge >= 0.3 is 0 Å². The standard InChI is InChI=1S/C15H27NO3S2/c1-3-21(18,19)14-10-20-8-7-16(14)11-15(12-17)6-4-5-13(2)9-15/h12-14H,3-11H2,1-2H3. The van der Waals surface area contributed by atoms with E-state index in [1.165, 1.54) is 6.42 Å². The Hall–Kier alpha value is -0.0700. The molecule has 0 aromatic carbocycles. The number of nitrogens with zero attached hydrogens (tertiary/aromatic N) is 1. The summed E-state index contributed by atoms with van der Waals surface area (Å²) in [6.45, 7) is 5.30. The molecule has 1 saturated carbocycles.